The molecule has 1 aliphatic heterocycles. The number of aromatic nitrogens is 2. The molecule has 128 valence electrons. The third-order valence-corrected chi connectivity index (χ3v) is 4.07. The molecule has 0 spiro atoms. The Morgan fingerprint density at radius 2 is 2.29 bits per heavy atom. The van der Waals surface area contributed by atoms with Gasteiger partial charge in [-0.05, 0) is 12.1 Å². The topological polar surface area (TPSA) is 88.3 Å². The van der Waals surface area contributed by atoms with E-state index in [1.807, 2.05) is 0 Å². The van der Waals surface area contributed by atoms with E-state index >= 15 is 0 Å². The lowest BCUT2D eigenvalue weighted by Crippen LogP contribution is -2.25. The highest BCUT2D eigenvalue weighted by Gasteiger charge is 2.22. The first-order valence-electron chi connectivity index (χ1n) is 7.69. The van der Waals surface area contributed by atoms with Crippen molar-refractivity contribution in [2.45, 2.75) is 13.0 Å². The van der Waals surface area contributed by atoms with Gasteiger partial charge >= 0.3 is 0 Å². The van der Waals surface area contributed by atoms with Gasteiger partial charge in [0.2, 0.25) is 0 Å². The second kappa shape index (κ2) is 7.65. The molecule has 24 heavy (non-hydrogen) atoms. The van der Waals surface area contributed by atoms with E-state index in [4.69, 9.17) is 21.1 Å². The summed E-state index contributed by atoms with van der Waals surface area (Å²) >= 11 is 6.18. The van der Waals surface area contributed by atoms with Gasteiger partial charge in [-0.2, -0.15) is 5.10 Å². The zero-order chi connectivity index (χ0) is 16.9. The predicted octanol–water partition coefficient (Wildman–Crippen LogP) is 1.99. The van der Waals surface area contributed by atoms with Crippen LogP contribution in [0.5, 0.6) is 5.75 Å². The summed E-state index contributed by atoms with van der Waals surface area (Å²) in [5.41, 5.74) is 2.80. The van der Waals surface area contributed by atoms with Crippen LogP contribution in [0.4, 0.5) is 5.69 Å². The lowest BCUT2D eigenvalue weighted by molar-refractivity contribution is 0.102. The number of methoxy groups -OCH3 is 1. The summed E-state index contributed by atoms with van der Waals surface area (Å²) in [6.45, 7) is 2.27. The molecule has 8 heteroatoms. The summed E-state index contributed by atoms with van der Waals surface area (Å²) in [5.74, 6) is 0.127. The molecule has 0 atom stereocenters. The van der Waals surface area contributed by atoms with Crippen LogP contribution in [0.2, 0.25) is 5.02 Å². The van der Waals surface area contributed by atoms with E-state index in [9.17, 15) is 4.79 Å². The quantitative estimate of drug-likeness (QED) is 0.693. The number of carbonyl (C=O) groups excluding carboxylic acids is 1. The van der Waals surface area contributed by atoms with Crippen molar-refractivity contribution in [2.24, 2.45) is 0 Å². The molecule has 3 N–H and O–H groups in total. The van der Waals surface area contributed by atoms with Crippen LogP contribution in [0, 0.1) is 0 Å². The number of rotatable bonds is 6. The van der Waals surface area contributed by atoms with Crippen molar-refractivity contribution in [1.29, 1.82) is 0 Å². The standard InChI is InChI=1S/C16H19ClN4O3/c1-23-7-8-24-15-11(17)3-2-4-13(15)19-16(22)14-10-9-18-6-5-12(10)20-21-14/h2-4,18H,5-9H2,1H3,(H,19,22)(H,20,21). The smallest absolute Gasteiger partial charge is 0.276 e. The molecule has 2 heterocycles. The lowest BCUT2D eigenvalue weighted by Gasteiger charge is -2.15. The molecule has 0 fully saturated rings. The van der Waals surface area contributed by atoms with Crippen LogP contribution in [-0.2, 0) is 17.7 Å². The van der Waals surface area contributed by atoms with Crippen molar-refractivity contribution < 1.29 is 14.3 Å². The van der Waals surface area contributed by atoms with Gasteiger partial charge in [0.1, 0.15) is 6.61 Å². The molecule has 1 aliphatic rings. The highest BCUT2D eigenvalue weighted by molar-refractivity contribution is 6.32. The maximum Gasteiger partial charge on any atom is 0.276 e. The van der Waals surface area contributed by atoms with Crippen LogP contribution in [0.3, 0.4) is 0 Å². The van der Waals surface area contributed by atoms with Crippen molar-refractivity contribution >= 4 is 23.2 Å². The van der Waals surface area contributed by atoms with Crippen LogP contribution in [-0.4, -0.2) is 43.0 Å². The predicted molar refractivity (Wildman–Crippen MR) is 90.8 cm³/mol. The molecular weight excluding hydrogens is 332 g/mol. The molecule has 1 aromatic heterocycles. The third-order valence-electron chi connectivity index (χ3n) is 3.77. The van der Waals surface area contributed by atoms with Gasteiger partial charge in [-0.25, -0.2) is 0 Å². The number of benzene rings is 1. The van der Waals surface area contributed by atoms with E-state index in [0.717, 1.165) is 24.2 Å². The molecule has 1 amide bonds. The number of aromatic amines is 1. The molecule has 0 saturated carbocycles. The van der Waals surface area contributed by atoms with E-state index in [0.29, 0.717) is 41.9 Å². The molecule has 1 aromatic carbocycles. The number of fused-ring (bicyclic) bond motifs is 1. The SMILES string of the molecule is COCCOc1c(Cl)cccc1NC(=O)c1n[nH]c2c1CNCC2. The second-order valence-corrected chi connectivity index (χ2v) is 5.78. The lowest BCUT2D eigenvalue weighted by atomic mass is 10.1. The van der Waals surface area contributed by atoms with Crippen LogP contribution in [0.25, 0.3) is 0 Å². The van der Waals surface area contributed by atoms with Crippen molar-refractivity contribution in [1.82, 2.24) is 15.5 Å². The molecular formula is C16H19ClN4O3. The molecule has 3 rings (SSSR count). The average Bonchev–Trinajstić information content (AvgIpc) is 3.01. The van der Waals surface area contributed by atoms with E-state index in [1.54, 1.807) is 25.3 Å². The number of halogens is 1. The van der Waals surface area contributed by atoms with Gasteiger partial charge in [0.25, 0.3) is 5.91 Å². The number of hydrogen-bond donors (Lipinski definition) is 3. The number of nitrogens with one attached hydrogen (secondary N) is 3. The number of para-hydroxylation sites is 1. The van der Waals surface area contributed by atoms with Crippen molar-refractivity contribution in [2.75, 3.05) is 32.2 Å². The Morgan fingerprint density at radius 1 is 1.42 bits per heavy atom. The fourth-order valence-corrected chi connectivity index (χ4v) is 2.80. The van der Waals surface area contributed by atoms with E-state index in [2.05, 4.69) is 20.8 Å². The van der Waals surface area contributed by atoms with Crippen LogP contribution in [0.15, 0.2) is 18.2 Å². The third kappa shape index (κ3) is 3.53. The summed E-state index contributed by atoms with van der Waals surface area (Å²) in [5, 5.41) is 13.6. The van der Waals surface area contributed by atoms with Gasteiger partial charge in [-0.3, -0.25) is 9.89 Å². The first-order chi connectivity index (χ1) is 11.7. The number of anilines is 1. The summed E-state index contributed by atoms with van der Waals surface area (Å²) in [6.07, 6.45) is 0.832. The minimum Gasteiger partial charge on any atom is -0.487 e. The van der Waals surface area contributed by atoms with Gasteiger partial charge in [-0.15, -0.1) is 0 Å². The minimum atomic E-state index is -0.296. The van der Waals surface area contributed by atoms with E-state index in [-0.39, 0.29) is 5.91 Å². The fourth-order valence-electron chi connectivity index (χ4n) is 2.58. The average molecular weight is 351 g/mol. The number of ether oxygens (including phenoxy) is 2. The Balaban J connectivity index is 1.79. The maximum absolute atomic E-state index is 12.6. The summed E-state index contributed by atoms with van der Waals surface area (Å²) in [4.78, 5) is 12.6. The number of carbonyl (C=O) groups is 1. The summed E-state index contributed by atoms with van der Waals surface area (Å²) in [7, 11) is 1.59. The number of nitrogens with zero attached hydrogens (tertiary/aromatic N) is 1. The van der Waals surface area contributed by atoms with Crippen LogP contribution < -0.4 is 15.4 Å². The van der Waals surface area contributed by atoms with E-state index in [1.165, 1.54) is 0 Å². The molecule has 7 nitrogen and oxygen atoms in total. The monoisotopic (exact) mass is 350 g/mol. The Bertz CT molecular complexity index is 732. The molecule has 2 aromatic rings. The highest BCUT2D eigenvalue weighted by atomic mass is 35.5. The van der Waals surface area contributed by atoms with Crippen molar-refractivity contribution in [3.05, 3.63) is 40.2 Å². The van der Waals surface area contributed by atoms with Crippen LogP contribution >= 0.6 is 11.6 Å². The molecule has 0 unspecified atom stereocenters. The summed E-state index contributed by atoms with van der Waals surface area (Å²) in [6, 6.07) is 5.20. The van der Waals surface area contributed by atoms with E-state index < -0.39 is 0 Å². The number of hydrogen-bond acceptors (Lipinski definition) is 5. The zero-order valence-corrected chi connectivity index (χ0v) is 14.1. The maximum atomic E-state index is 12.6. The molecule has 0 saturated heterocycles. The van der Waals surface area contributed by atoms with Gasteiger partial charge in [0, 0.05) is 37.9 Å². The first-order valence-corrected chi connectivity index (χ1v) is 8.07. The Morgan fingerprint density at radius 3 is 3.12 bits per heavy atom. The largest absolute Gasteiger partial charge is 0.487 e. The fraction of sp³-hybridized carbons (Fsp3) is 0.375. The normalized spacial score (nSPS) is 13.4. The Kier molecular flexibility index (Phi) is 5.34. The van der Waals surface area contributed by atoms with Gasteiger partial charge in [-0.1, -0.05) is 17.7 Å². The Labute approximate surface area is 144 Å². The first kappa shape index (κ1) is 16.8. The van der Waals surface area contributed by atoms with Gasteiger partial charge in [0.05, 0.1) is 17.3 Å². The summed E-state index contributed by atoms with van der Waals surface area (Å²) < 4.78 is 10.6. The Hall–Kier alpha value is -2.09. The van der Waals surface area contributed by atoms with Crippen molar-refractivity contribution in [3.8, 4) is 5.75 Å². The van der Waals surface area contributed by atoms with Crippen LogP contribution in [0.1, 0.15) is 21.7 Å². The van der Waals surface area contributed by atoms with Gasteiger partial charge in [0.15, 0.2) is 11.4 Å². The minimum absolute atomic E-state index is 0.296. The van der Waals surface area contributed by atoms with Gasteiger partial charge < -0.3 is 20.1 Å². The zero-order valence-electron chi connectivity index (χ0n) is 13.3. The number of H-pyrrole nitrogens is 1. The molecule has 0 bridgehead atoms. The molecule has 0 radical (unpaired) electrons. The highest BCUT2D eigenvalue weighted by Crippen LogP contribution is 2.33. The number of amides is 1. The second-order valence-electron chi connectivity index (χ2n) is 5.37. The molecule has 0 aliphatic carbocycles. The van der Waals surface area contributed by atoms with Crippen molar-refractivity contribution in [3.63, 3.8) is 0 Å².